The number of alkyl halides is 14. The Kier molecular flexibility index (Phi) is 14.5. The minimum Gasteiger partial charge on any atom is -0.354 e. The Hall–Kier alpha value is -4.83. The summed E-state index contributed by atoms with van der Waals surface area (Å²) in [4.78, 5) is 13.1. The summed E-state index contributed by atoms with van der Waals surface area (Å²) in [6.07, 6.45) is -10.2. The number of hydrogen-bond donors (Lipinski definition) is 2. The Morgan fingerprint density at radius 2 is 0.647 bits per heavy atom. The maximum Gasteiger partial charge on any atom is 0.460 e. The van der Waals surface area contributed by atoms with Crippen LogP contribution >= 0.6 is 0 Å². The molecule has 0 radical (unpaired) electrons. The standard InChI is InChI=1S/C48H52F14N4Si2/c1-25(2)67(26(3)4,27(5)6)23-21-31-33-13-17-37(63-33)41(43(49,50)45(53,54)47(57,58)59)39-19-15-35(65-39)32(22-24-68(28(7)8,29(9)10)30(11)12)36-16-20-40(66-36)42(38-18-14-34(31)64-38)44(51,52)46(55,56)48(60,61)62/h13-20,25-30,63,66H,1-12H3. The summed E-state index contributed by atoms with van der Waals surface area (Å²) in [5.41, 5.74) is -4.37. The van der Waals surface area contributed by atoms with Crippen LogP contribution in [0.3, 0.4) is 0 Å². The highest BCUT2D eigenvalue weighted by atomic mass is 28.3. The largest absolute Gasteiger partial charge is 0.460 e. The van der Waals surface area contributed by atoms with Crippen molar-refractivity contribution in [1.29, 1.82) is 0 Å². The van der Waals surface area contributed by atoms with Crippen LogP contribution in [0.5, 0.6) is 0 Å². The number of nitrogens with one attached hydrogen (secondary N) is 2. The third kappa shape index (κ3) is 8.74. The molecule has 0 saturated heterocycles. The number of rotatable bonds is 10. The molecule has 5 heterocycles. The Bertz CT molecular complexity index is 2550. The van der Waals surface area contributed by atoms with Crippen LogP contribution in [-0.4, -0.2) is 60.3 Å². The molecule has 0 amide bonds. The molecule has 20 heteroatoms. The van der Waals surface area contributed by atoms with Crippen molar-refractivity contribution in [2.45, 2.75) is 152 Å². The van der Waals surface area contributed by atoms with Crippen LogP contribution in [0, 0.1) is 22.9 Å². The van der Waals surface area contributed by atoms with Gasteiger partial charge in [0.1, 0.15) is 16.1 Å². The lowest BCUT2D eigenvalue weighted by molar-refractivity contribution is -0.359. The van der Waals surface area contributed by atoms with Gasteiger partial charge in [-0.05, 0) is 81.8 Å². The molecule has 5 rings (SSSR count). The SMILES string of the molecule is CC(C)[Si](C#Cc1c2nc(c(C(F)(F)C(F)(F)C(F)(F)F)c3ccc([nH]3)c(C#C[Si](C(C)C)(C(C)C)C(C)C)c3nc(c(C(F)(F)C(F)(F)C(F)(F)F)c4ccc1[nH]4)C=C3)C=C2)(C(C)C)C(C)C. The van der Waals surface area contributed by atoms with Crippen molar-refractivity contribution in [3.05, 3.63) is 69.3 Å². The van der Waals surface area contributed by atoms with Gasteiger partial charge in [-0.3, -0.25) is 0 Å². The van der Waals surface area contributed by atoms with Crippen molar-refractivity contribution in [2.24, 2.45) is 0 Å². The summed E-state index contributed by atoms with van der Waals surface area (Å²) >= 11 is 0. The molecular weight excluding hydrogens is 955 g/mol. The average molecular weight is 1010 g/mol. The van der Waals surface area contributed by atoms with Crippen molar-refractivity contribution >= 4 is 62.5 Å². The molecule has 370 valence electrons. The highest BCUT2D eigenvalue weighted by Crippen LogP contribution is 2.55. The van der Waals surface area contributed by atoms with E-state index < -0.39 is 97.1 Å². The lowest BCUT2D eigenvalue weighted by Gasteiger charge is -2.38. The molecule has 8 bridgehead atoms. The number of H-pyrrole nitrogens is 2. The van der Waals surface area contributed by atoms with Crippen LogP contribution in [0.15, 0.2) is 24.3 Å². The third-order valence-electron chi connectivity index (χ3n) is 13.4. The van der Waals surface area contributed by atoms with Crippen LogP contribution in [0.25, 0.3) is 46.4 Å². The van der Waals surface area contributed by atoms with E-state index in [0.717, 1.165) is 48.6 Å². The van der Waals surface area contributed by atoms with E-state index in [2.05, 4.69) is 42.9 Å². The first-order valence-corrected chi connectivity index (χ1v) is 26.3. The fourth-order valence-electron chi connectivity index (χ4n) is 10.0. The van der Waals surface area contributed by atoms with Crippen LogP contribution in [0.4, 0.5) is 61.5 Å². The Morgan fingerprint density at radius 1 is 0.397 bits per heavy atom. The van der Waals surface area contributed by atoms with Crippen molar-refractivity contribution in [2.75, 3.05) is 0 Å². The minimum absolute atomic E-state index is 0.0819. The first-order chi connectivity index (χ1) is 31.0. The first-order valence-electron chi connectivity index (χ1n) is 21.8. The Balaban J connectivity index is 2.19. The number of nitrogens with zero attached hydrogens (tertiary/aromatic N) is 2. The first kappa shape index (κ1) is 54.1. The molecule has 0 aromatic carbocycles. The van der Waals surface area contributed by atoms with E-state index in [9.17, 15) is 26.3 Å². The van der Waals surface area contributed by atoms with Gasteiger partial charge in [0.05, 0.1) is 67.1 Å². The second kappa shape index (κ2) is 18.2. The molecule has 0 atom stereocenters. The Labute approximate surface area is 387 Å². The quantitative estimate of drug-likeness (QED) is 0.0832. The predicted molar refractivity (Wildman–Crippen MR) is 245 cm³/mol. The average Bonchev–Trinajstić information content (AvgIpc) is 4.03. The van der Waals surface area contributed by atoms with E-state index in [0.29, 0.717) is 0 Å². The summed E-state index contributed by atoms with van der Waals surface area (Å²) < 4.78 is 210. The summed E-state index contributed by atoms with van der Waals surface area (Å²) in [5.74, 6) is -19.6. The summed E-state index contributed by atoms with van der Waals surface area (Å²) in [7, 11) is -5.64. The highest BCUT2D eigenvalue weighted by molar-refractivity contribution is 6.91. The number of halogens is 14. The summed E-state index contributed by atoms with van der Waals surface area (Å²) in [5, 5.41) is 0. The molecular formula is C48H52F14N4Si2. The highest BCUT2D eigenvalue weighted by Gasteiger charge is 2.75. The smallest absolute Gasteiger partial charge is 0.354 e. The van der Waals surface area contributed by atoms with Gasteiger partial charge in [-0.2, -0.15) is 61.5 Å². The molecule has 0 fully saturated rings. The normalized spacial score (nSPS) is 14.5. The van der Waals surface area contributed by atoms with E-state index in [-0.39, 0.29) is 55.4 Å². The molecule has 3 aromatic rings. The predicted octanol–water partition coefficient (Wildman–Crippen LogP) is 16.4. The number of fused-ring (bicyclic) bond motifs is 8. The van der Waals surface area contributed by atoms with Gasteiger partial charge in [0.2, 0.25) is 0 Å². The molecule has 0 unspecified atom stereocenters. The molecule has 0 aliphatic carbocycles. The van der Waals surface area contributed by atoms with Gasteiger partial charge in [-0.25, -0.2) is 9.97 Å². The number of hydrogen-bond acceptors (Lipinski definition) is 2. The second-order valence-electron chi connectivity index (χ2n) is 19.1. The monoisotopic (exact) mass is 1010 g/mol. The minimum atomic E-state index is -6.79. The van der Waals surface area contributed by atoms with E-state index in [1.54, 1.807) is 0 Å². The van der Waals surface area contributed by atoms with Gasteiger partial charge < -0.3 is 9.97 Å². The second-order valence-corrected chi connectivity index (χ2v) is 30.3. The zero-order valence-corrected chi connectivity index (χ0v) is 41.3. The van der Waals surface area contributed by atoms with Crippen LogP contribution in [0.1, 0.15) is 128 Å². The van der Waals surface area contributed by atoms with Gasteiger partial charge in [0, 0.05) is 0 Å². The maximum atomic E-state index is 16.4. The molecule has 2 aliphatic rings. The van der Waals surface area contributed by atoms with E-state index in [4.69, 9.17) is 0 Å². The Morgan fingerprint density at radius 3 is 0.897 bits per heavy atom. The van der Waals surface area contributed by atoms with Crippen molar-refractivity contribution in [1.82, 2.24) is 19.9 Å². The van der Waals surface area contributed by atoms with E-state index in [1.807, 2.05) is 83.1 Å². The molecule has 2 N–H and O–H groups in total. The number of aromatic amines is 2. The summed E-state index contributed by atoms with van der Waals surface area (Å²) in [6.45, 7) is 22.9. The van der Waals surface area contributed by atoms with Crippen molar-refractivity contribution in [3.8, 4) is 22.9 Å². The lowest BCUT2D eigenvalue weighted by Crippen LogP contribution is -2.50. The van der Waals surface area contributed by atoms with E-state index in [1.165, 1.54) is 0 Å². The van der Waals surface area contributed by atoms with Gasteiger partial charge in [0.25, 0.3) is 0 Å². The summed E-state index contributed by atoms with van der Waals surface area (Å²) in [6, 6.07) is 3.47. The van der Waals surface area contributed by atoms with Gasteiger partial charge in [-0.15, -0.1) is 11.1 Å². The van der Waals surface area contributed by atoms with Crippen LogP contribution in [0.2, 0.25) is 33.2 Å². The van der Waals surface area contributed by atoms with Crippen molar-refractivity contribution in [3.63, 3.8) is 0 Å². The molecule has 68 heavy (non-hydrogen) atoms. The molecule has 0 saturated carbocycles. The van der Waals surface area contributed by atoms with E-state index >= 15 is 35.1 Å². The molecule has 3 aromatic heterocycles. The van der Waals surface area contributed by atoms with Gasteiger partial charge >= 0.3 is 36.0 Å². The molecule has 0 spiro atoms. The topological polar surface area (TPSA) is 57.4 Å². The zero-order valence-electron chi connectivity index (χ0n) is 39.3. The maximum absolute atomic E-state index is 16.4. The fourth-order valence-corrected chi connectivity index (χ4v) is 20.4. The van der Waals surface area contributed by atoms with Crippen molar-refractivity contribution < 1.29 is 61.5 Å². The zero-order chi connectivity index (χ0) is 51.7. The van der Waals surface area contributed by atoms with Crippen LogP contribution in [-0.2, 0) is 11.8 Å². The molecule has 4 nitrogen and oxygen atoms in total. The van der Waals surface area contributed by atoms with Crippen LogP contribution < -0.4 is 0 Å². The van der Waals surface area contributed by atoms with Gasteiger partial charge in [0.15, 0.2) is 0 Å². The third-order valence-corrected chi connectivity index (χ3v) is 26.0. The fraction of sp³-hybridized carbons (Fsp3) is 0.500. The number of aromatic nitrogens is 4. The lowest BCUT2D eigenvalue weighted by atomic mass is 10.00. The molecule has 2 aliphatic heterocycles. The van der Waals surface area contributed by atoms with Gasteiger partial charge in [-0.1, -0.05) is 94.9 Å².